The van der Waals surface area contributed by atoms with Crippen LogP contribution in [0, 0.1) is 6.92 Å². The van der Waals surface area contributed by atoms with Gasteiger partial charge >= 0.3 is 12.2 Å². The molecule has 0 fully saturated rings. The molecule has 1 aromatic carbocycles. The minimum Gasteiger partial charge on any atom is -0.443 e. The fourth-order valence-corrected chi connectivity index (χ4v) is 2.31. The molecule has 0 spiro atoms. The van der Waals surface area contributed by atoms with E-state index in [4.69, 9.17) is 17.3 Å². The predicted octanol–water partition coefficient (Wildman–Crippen LogP) is 4.01. The number of imide groups is 1. The van der Waals surface area contributed by atoms with Gasteiger partial charge in [0, 0.05) is 6.20 Å². The number of amides is 2. The number of pyridine rings is 1. The molecular formula is C20H25BN2O4. The molecule has 1 heterocycles. The van der Waals surface area contributed by atoms with Gasteiger partial charge in [0.25, 0.3) is 0 Å². The van der Waals surface area contributed by atoms with E-state index >= 15 is 0 Å². The van der Waals surface area contributed by atoms with Crippen molar-refractivity contribution >= 4 is 42.1 Å². The summed E-state index contributed by atoms with van der Waals surface area (Å²) >= 11 is 0. The zero-order chi connectivity index (χ0) is 20.6. The Hall–Kier alpha value is -2.57. The molecule has 2 amide bonds. The van der Waals surface area contributed by atoms with Crippen LogP contribution in [0.25, 0.3) is 10.8 Å². The lowest BCUT2D eigenvalue weighted by Gasteiger charge is -2.28. The van der Waals surface area contributed by atoms with Crippen molar-refractivity contribution in [3.05, 3.63) is 30.0 Å². The molecule has 0 unspecified atom stereocenters. The van der Waals surface area contributed by atoms with Crippen molar-refractivity contribution in [3.8, 4) is 0 Å². The van der Waals surface area contributed by atoms with Gasteiger partial charge in [-0.25, -0.2) is 14.6 Å². The quantitative estimate of drug-likeness (QED) is 0.712. The van der Waals surface area contributed by atoms with Gasteiger partial charge in [-0.2, -0.15) is 4.90 Å². The third-order valence-electron chi connectivity index (χ3n) is 3.47. The molecule has 0 atom stereocenters. The van der Waals surface area contributed by atoms with Crippen LogP contribution >= 0.6 is 0 Å². The number of aryl methyl sites for hydroxylation is 1. The number of carbonyl (C=O) groups is 2. The highest BCUT2D eigenvalue weighted by molar-refractivity contribution is 6.34. The lowest BCUT2D eigenvalue weighted by Crippen LogP contribution is -2.44. The van der Waals surface area contributed by atoms with E-state index in [0.717, 1.165) is 21.2 Å². The van der Waals surface area contributed by atoms with E-state index in [-0.39, 0.29) is 5.82 Å². The van der Waals surface area contributed by atoms with E-state index in [0.29, 0.717) is 5.46 Å². The topological polar surface area (TPSA) is 68.7 Å². The second-order valence-electron chi connectivity index (χ2n) is 8.39. The lowest BCUT2D eigenvalue weighted by atomic mass is 9.89. The van der Waals surface area contributed by atoms with Crippen LogP contribution in [-0.2, 0) is 9.47 Å². The Labute approximate surface area is 161 Å². The van der Waals surface area contributed by atoms with Crippen molar-refractivity contribution in [1.29, 1.82) is 0 Å². The summed E-state index contributed by atoms with van der Waals surface area (Å²) in [6, 6.07) is 5.31. The summed E-state index contributed by atoms with van der Waals surface area (Å²) in [5, 5.41) is 1.60. The van der Waals surface area contributed by atoms with Gasteiger partial charge in [-0.1, -0.05) is 23.2 Å². The third kappa shape index (κ3) is 5.45. The molecule has 0 N–H and O–H groups in total. The average Bonchev–Trinajstić information content (AvgIpc) is 2.45. The summed E-state index contributed by atoms with van der Waals surface area (Å²) in [5.74, 6) is 0.121. The molecule has 0 saturated heterocycles. The van der Waals surface area contributed by atoms with Crippen molar-refractivity contribution < 1.29 is 19.1 Å². The summed E-state index contributed by atoms with van der Waals surface area (Å²) < 4.78 is 10.7. The molecule has 27 heavy (non-hydrogen) atoms. The molecule has 2 aromatic rings. The van der Waals surface area contributed by atoms with Crippen LogP contribution in [0.15, 0.2) is 24.4 Å². The number of nitrogens with zero attached hydrogens (tertiary/aromatic N) is 2. The predicted molar refractivity (Wildman–Crippen MR) is 107 cm³/mol. The van der Waals surface area contributed by atoms with Crippen LogP contribution < -0.4 is 10.4 Å². The molecule has 2 radical (unpaired) electrons. The number of ether oxygens (including phenoxy) is 2. The molecule has 0 aliphatic carbocycles. The highest BCUT2D eigenvalue weighted by Gasteiger charge is 2.33. The number of carbonyl (C=O) groups excluding carboxylic acids is 2. The van der Waals surface area contributed by atoms with E-state index in [1.165, 1.54) is 0 Å². The number of hydrogen-bond acceptors (Lipinski definition) is 5. The first-order valence-electron chi connectivity index (χ1n) is 8.69. The van der Waals surface area contributed by atoms with E-state index in [1.807, 2.05) is 13.0 Å². The molecule has 0 bridgehead atoms. The normalized spacial score (nSPS) is 12.0. The Balaban J connectivity index is 2.51. The summed E-state index contributed by atoms with van der Waals surface area (Å²) in [4.78, 5) is 30.4. The van der Waals surface area contributed by atoms with Gasteiger partial charge in [-0.3, -0.25) is 0 Å². The van der Waals surface area contributed by atoms with Crippen LogP contribution in [0.4, 0.5) is 15.4 Å². The van der Waals surface area contributed by atoms with Gasteiger partial charge < -0.3 is 9.47 Å². The van der Waals surface area contributed by atoms with E-state index < -0.39 is 23.4 Å². The summed E-state index contributed by atoms with van der Waals surface area (Å²) in [6.45, 7) is 12.2. The fraction of sp³-hybridized carbons (Fsp3) is 0.450. The van der Waals surface area contributed by atoms with Gasteiger partial charge in [-0.05, 0) is 65.3 Å². The van der Waals surface area contributed by atoms with Crippen molar-refractivity contribution in [2.45, 2.75) is 59.7 Å². The Kier molecular flexibility index (Phi) is 5.54. The van der Waals surface area contributed by atoms with Crippen LogP contribution in [0.2, 0.25) is 0 Å². The van der Waals surface area contributed by atoms with Gasteiger partial charge in [0.15, 0.2) is 0 Å². The second-order valence-corrected chi connectivity index (χ2v) is 8.39. The Morgan fingerprint density at radius 2 is 1.44 bits per heavy atom. The maximum Gasteiger partial charge on any atom is 0.425 e. The fourth-order valence-electron chi connectivity index (χ4n) is 2.31. The number of anilines is 1. The van der Waals surface area contributed by atoms with Gasteiger partial charge in [0.2, 0.25) is 0 Å². The molecule has 0 aliphatic rings. The number of fused-ring (bicyclic) bond motifs is 1. The minimum absolute atomic E-state index is 0.121. The second kappa shape index (κ2) is 7.21. The van der Waals surface area contributed by atoms with Gasteiger partial charge in [0.1, 0.15) is 24.9 Å². The Bertz CT molecular complexity index is 854. The van der Waals surface area contributed by atoms with Crippen molar-refractivity contribution in [3.63, 3.8) is 0 Å². The van der Waals surface area contributed by atoms with Crippen molar-refractivity contribution in [1.82, 2.24) is 4.98 Å². The lowest BCUT2D eigenvalue weighted by molar-refractivity contribution is 0.0429. The number of hydrogen-bond donors (Lipinski definition) is 0. The third-order valence-corrected chi connectivity index (χ3v) is 3.47. The van der Waals surface area contributed by atoms with Crippen molar-refractivity contribution in [2.75, 3.05) is 4.90 Å². The van der Waals surface area contributed by atoms with E-state index in [1.54, 1.807) is 59.9 Å². The maximum atomic E-state index is 12.7. The minimum atomic E-state index is -0.851. The zero-order valence-corrected chi connectivity index (χ0v) is 16.9. The number of aromatic nitrogens is 1. The Morgan fingerprint density at radius 3 is 1.93 bits per heavy atom. The SMILES string of the molecule is [B]c1cc2cnc(N(C(=O)OC(C)(C)C)C(=O)OC(C)(C)C)cc2cc1C. The molecular weight excluding hydrogens is 343 g/mol. The average molecular weight is 368 g/mol. The first kappa shape index (κ1) is 20.7. The van der Waals surface area contributed by atoms with Gasteiger partial charge in [-0.15, -0.1) is 0 Å². The Morgan fingerprint density at radius 1 is 0.926 bits per heavy atom. The first-order chi connectivity index (χ1) is 12.3. The standard InChI is InChI=1S/C20H25BN2O4/c1-12-8-13-10-16(22-11-14(13)9-15(12)21)23(17(24)26-19(2,3)4)18(25)27-20(5,6)7/h8-11H,1-7H3. The molecule has 6 nitrogen and oxygen atoms in total. The number of benzene rings is 1. The van der Waals surface area contributed by atoms with Gasteiger partial charge in [0.05, 0.1) is 0 Å². The maximum absolute atomic E-state index is 12.7. The van der Waals surface area contributed by atoms with E-state index in [2.05, 4.69) is 4.98 Å². The van der Waals surface area contributed by atoms with Crippen LogP contribution in [-0.4, -0.2) is 36.2 Å². The zero-order valence-electron chi connectivity index (χ0n) is 16.9. The molecule has 2 rings (SSSR count). The van der Waals surface area contributed by atoms with Crippen LogP contribution in [0.3, 0.4) is 0 Å². The summed E-state index contributed by atoms with van der Waals surface area (Å²) in [6.07, 6.45) is -0.145. The highest BCUT2D eigenvalue weighted by atomic mass is 16.6. The number of rotatable bonds is 1. The first-order valence-corrected chi connectivity index (χ1v) is 8.69. The highest BCUT2D eigenvalue weighted by Crippen LogP contribution is 2.24. The van der Waals surface area contributed by atoms with Crippen molar-refractivity contribution in [2.24, 2.45) is 0 Å². The monoisotopic (exact) mass is 368 g/mol. The molecule has 7 heteroatoms. The smallest absolute Gasteiger partial charge is 0.425 e. The summed E-state index contributed by atoms with van der Waals surface area (Å²) in [5.41, 5.74) is -0.0210. The molecule has 0 aliphatic heterocycles. The molecule has 1 aromatic heterocycles. The van der Waals surface area contributed by atoms with Crippen LogP contribution in [0.5, 0.6) is 0 Å². The van der Waals surface area contributed by atoms with E-state index in [9.17, 15) is 9.59 Å². The molecule has 0 saturated carbocycles. The summed E-state index contributed by atoms with van der Waals surface area (Å²) in [7, 11) is 5.93. The largest absolute Gasteiger partial charge is 0.443 e. The van der Waals surface area contributed by atoms with Crippen LogP contribution in [0.1, 0.15) is 47.1 Å². The molecule has 142 valence electrons.